The Kier molecular flexibility index (Phi) is 3.97. The summed E-state index contributed by atoms with van der Waals surface area (Å²) in [5.74, 6) is -0.349. The Balaban J connectivity index is 1.75. The Morgan fingerprint density at radius 2 is 2.18 bits per heavy atom. The monoisotopic (exact) mass is 257 g/mol. The molecule has 0 aromatic heterocycles. The van der Waals surface area contributed by atoms with Crippen molar-refractivity contribution in [3.63, 3.8) is 0 Å². The Labute approximate surface area is 104 Å². The van der Waals surface area contributed by atoms with E-state index in [1.165, 1.54) is 6.07 Å². The van der Waals surface area contributed by atoms with E-state index in [9.17, 15) is 9.18 Å². The number of rotatable bonds is 4. The van der Waals surface area contributed by atoms with Crippen LogP contribution in [0.1, 0.15) is 5.56 Å². The van der Waals surface area contributed by atoms with Crippen molar-refractivity contribution in [1.29, 1.82) is 0 Å². The quantitative estimate of drug-likeness (QED) is 0.770. The molecule has 0 radical (unpaired) electrons. The highest BCUT2D eigenvalue weighted by Crippen LogP contribution is 2.15. The third-order valence-corrected chi connectivity index (χ3v) is 2.98. The highest BCUT2D eigenvalue weighted by Gasteiger charge is 2.30. The Bertz CT molecular complexity index is 407. The predicted octanol–water partition coefficient (Wildman–Crippen LogP) is 1.79. The molecule has 1 aliphatic rings. The van der Waals surface area contributed by atoms with Gasteiger partial charge in [0.25, 0.3) is 0 Å². The summed E-state index contributed by atoms with van der Waals surface area (Å²) in [6, 6.07) is 6.51. The number of hydrogen-bond acceptors (Lipinski definition) is 2. The van der Waals surface area contributed by atoms with Gasteiger partial charge in [0.05, 0.1) is 12.7 Å². The van der Waals surface area contributed by atoms with Crippen LogP contribution in [0.2, 0.25) is 0 Å². The first kappa shape index (κ1) is 12.3. The third kappa shape index (κ3) is 2.96. The van der Waals surface area contributed by atoms with Crippen LogP contribution in [0.5, 0.6) is 0 Å². The Hall–Kier alpha value is -1.13. The number of carbonyl (C=O) groups excluding carboxylic acids is 1. The molecule has 1 aliphatic heterocycles. The van der Waals surface area contributed by atoms with E-state index in [1.807, 2.05) is 0 Å². The molecule has 0 unspecified atom stereocenters. The number of halogens is 2. The molecule has 1 aromatic rings. The van der Waals surface area contributed by atoms with Gasteiger partial charge in [-0.3, -0.25) is 4.79 Å². The maximum atomic E-state index is 13.3. The molecule has 1 saturated heterocycles. The van der Waals surface area contributed by atoms with E-state index in [2.05, 4.69) is 0 Å². The lowest BCUT2D eigenvalue weighted by Crippen LogP contribution is -2.55. The summed E-state index contributed by atoms with van der Waals surface area (Å²) in [5, 5.41) is 0. The SMILES string of the molecule is O=C(CCl)N1CC(OCc2ccccc2F)C1. The molecule has 5 heteroatoms. The van der Waals surface area contributed by atoms with Gasteiger partial charge in [-0.15, -0.1) is 11.6 Å². The number of likely N-dealkylation sites (tertiary alicyclic amines) is 1. The zero-order valence-electron chi connectivity index (χ0n) is 9.23. The van der Waals surface area contributed by atoms with Gasteiger partial charge >= 0.3 is 0 Å². The fourth-order valence-electron chi connectivity index (χ4n) is 1.65. The number of nitrogens with zero attached hydrogens (tertiary/aromatic N) is 1. The van der Waals surface area contributed by atoms with Crippen molar-refractivity contribution in [3.8, 4) is 0 Å². The van der Waals surface area contributed by atoms with E-state index >= 15 is 0 Å². The van der Waals surface area contributed by atoms with E-state index in [4.69, 9.17) is 16.3 Å². The second kappa shape index (κ2) is 5.47. The summed E-state index contributed by atoms with van der Waals surface area (Å²) < 4.78 is 18.8. The Morgan fingerprint density at radius 3 is 2.82 bits per heavy atom. The normalized spacial score (nSPS) is 15.8. The molecule has 1 amide bonds. The average Bonchev–Trinajstić information content (AvgIpc) is 2.28. The number of alkyl halides is 1. The standard InChI is InChI=1S/C12H13ClFNO2/c13-5-12(16)15-6-10(7-15)17-8-9-3-1-2-4-11(9)14/h1-4,10H,5-8H2. The highest BCUT2D eigenvalue weighted by atomic mass is 35.5. The summed E-state index contributed by atoms with van der Waals surface area (Å²) in [6.07, 6.45) is -0.0122. The summed E-state index contributed by atoms with van der Waals surface area (Å²) in [4.78, 5) is 12.8. The van der Waals surface area contributed by atoms with Crippen molar-refractivity contribution in [2.45, 2.75) is 12.7 Å². The minimum atomic E-state index is -0.263. The zero-order valence-corrected chi connectivity index (χ0v) is 9.99. The second-order valence-electron chi connectivity index (χ2n) is 3.96. The van der Waals surface area contributed by atoms with Crippen LogP contribution in [0.15, 0.2) is 24.3 Å². The molecule has 0 saturated carbocycles. The molecule has 0 atom stereocenters. The van der Waals surface area contributed by atoms with E-state index in [-0.39, 0.29) is 30.3 Å². The maximum absolute atomic E-state index is 13.3. The lowest BCUT2D eigenvalue weighted by Gasteiger charge is -2.38. The van der Waals surface area contributed by atoms with E-state index < -0.39 is 0 Å². The van der Waals surface area contributed by atoms with Crippen LogP contribution >= 0.6 is 11.6 Å². The van der Waals surface area contributed by atoms with Gasteiger partial charge < -0.3 is 9.64 Å². The Morgan fingerprint density at radius 1 is 1.47 bits per heavy atom. The number of benzene rings is 1. The first-order valence-corrected chi connectivity index (χ1v) is 5.93. The summed E-state index contributed by atoms with van der Waals surface area (Å²) in [5.41, 5.74) is 0.537. The molecular weight excluding hydrogens is 245 g/mol. The largest absolute Gasteiger partial charge is 0.370 e. The van der Waals surface area contributed by atoms with Crippen LogP contribution < -0.4 is 0 Å². The van der Waals surface area contributed by atoms with Gasteiger partial charge in [0.15, 0.2) is 0 Å². The molecule has 2 rings (SSSR count). The first-order valence-electron chi connectivity index (χ1n) is 5.39. The predicted molar refractivity (Wildman–Crippen MR) is 62.3 cm³/mol. The lowest BCUT2D eigenvalue weighted by atomic mass is 10.1. The van der Waals surface area contributed by atoms with Gasteiger partial charge in [-0.2, -0.15) is 0 Å². The van der Waals surface area contributed by atoms with Gasteiger partial charge in [-0.25, -0.2) is 4.39 Å². The lowest BCUT2D eigenvalue weighted by molar-refractivity contribution is -0.143. The van der Waals surface area contributed by atoms with Crippen molar-refractivity contribution in [1.82, 2.24) is 4.90 Å². The molecule has 0 N–H and O–H groups in total. The van der Waals surface area contributed by atoms with Gasteiger partial charge in [0.2, 0.25) is 5.91 Å². The van der Waals surface area contributed by atoms with Gasteiger partial charge in [0.1, 0.15) is 11.7 Å². The minimum absolute atomic E-state index is 0.0000331. The molecule has 0 spiro atoms. The highest BCUT2D eigenvalue weighted by molar-refractivity contribution is 6.27. The molecule has 17 heavy (non-hydrogen) atoms. The molecule has 92 valence electrons. The van der Waals surface area contributed by atoms with Crippen LogP contribution in [-0.4, -0.2) is 35.9 Å². The number of amides is 1. The van der Waals surface area contributed by atoms with Crippen molar-refractivity contribution < 1.29 is 13.9 Å². The van der Waals surface area contributed by atoms with E-state index in [1.54, 1.807) is 23.1 Å². The molecule has 1 fully saturated rings. The van der Waals surface area contributed by atoms with Crippen LogP contribution in [-0.2, 0) is 16.1 Å². The first-order chi connectivity index (χ1) is 8.20. The molecule has 0 aliphatic carbocycles. The molecular formula is C12H13ClFNO2. The number of carbonyl (C=O) groups is 1. The molecule has 1 heterocycles. The van der Waals surface area contributed by atoms with E-state index in [0.717, 1.165) is 0 Å². The van der Waals surface area contributed by atoms with Crippen LogP contribution in [0, 0.1) is 5.82 Å². The average molecular weight is 258 g/mol. The van der Waals surface area contributed by atoms with Crippen LogP contribution in [0.3, 0.4) is 0 Å². The van der Waals surface area contributed by atoms with Crippen molar-refractivity contribution in [2.75, 3.05) is 19.0 Å². The smallest absolute Gasteiger partial charge is 0.237 e. The molecule has 0 bridgehead atoms. The fraction of sp³-hybridized carbons (Fsp3) is 0.417. The maximum Gasteiger partial charge on any atom is 0.237 e. The zero-order chi connectivity index (χ0) is 12.3. The number of hydrogen-bond donors (Lipinski definition) is 0. The minimum Gasteiger partial charge on any atom is -0.370 e. The van der Waals surface area contributed by atoms with Crippen LogP contribution in [0.4, 0.5) is 4.39 Å². The topological polar surface area (TPSA) is 29.5 Å². The fourth-order valence-corrected chi connectivity index (χ4v) is 1.82. The summed E-state index contributed by atoms with van der Waals surface area (Å²) in [7, 11) is 0. The molecule has 1 aromatic carbocycles. The third-order valence-electron chi connectivity index (χ3n) is 2.75. The van der Waals surface area contributed by atoms with E-state index in [0.29, 0.717) is 18.7 Å². The summed E-state index contributed by atoms with van der Waals surface area (Å²) in [6.45, 7) is 1.32. The number of ether oxygens (including phenoxy) is 1. The van der Waals surface area contributed by atoms with Gasteiger partial charge in [0, 0.05) is 18.7 Å². The van der Waals surface area contributed by atoms with Crippen molar-refractivity contribution in [2.24, 2.45) is 0 Å². The van der Waals surface area contributed by atoms with Crippen molar-refractivity contribution in [3.05, 3.63) is 35.6 Å². The van der Waals surface area contributed by atoms with Gasteiger partial charge in [-0.05, 0) is 6.07 Å². The van der Waals surface area contributed by atoms with Crippen LogP contribution in [0.25, 0.3) is 0 Å². The van der Waals surface area contributed by atoms with Crippen molar-refractivity contribution >= 4 is 17.5 Å². The molecule has 3 nitrogen and oxygen atoms in total. The van der Waals surface area contributed by atoms with Gasteiger partial charge in [-0.1, -0.05) is 18.2 Å². The second-order valence-corrected chi connectivity index (χ2v) is 4.22. The summed E-state index contributed by atoms with van der Waals surface area (Å²) >= 11 is 5.42.